The summed E-state index contributed by atoms with van der Waals surface area (Å²) in [5.41, 5.74) is 2.89. The Morgan fingerprint density at radius 1 is 1.08 bits per heavy atom. The summed E-state index contributed by atoms with van der Waals surface area (Å²) >= 11 is 0. The number of carboxylic acid groups (broad SMARTS) is 1. The number of aromatic carboxylic acids is 1. The van der Waals surface area contributed by atoms with E-state index in [2.05, 4.69) is 10.3 Å². The fourth-order valence-corrected chi connectivity index (χ4v) is 2.55. The molecule has 3 aromatic rings. The number of nitrogens with one attached hydrogen (secondary N) is 1. The van der Waals surface area contributed by atoms with Gasteiger partial charge in [0, 0.05) is 17.7 Å². The number of aromatic nitrogens is 1. The number of nitrogens with zero attached hydrogens (tertiary/aromatic N) is 1. The summed E-state index contributed by atoms with van der Waals surface area (Å²) in [4.78, 5) is 27.7. The van der Waals surface area contributed by atoms with Crippen LogP contribution >= 0.6 is 0 Å². The molecule has 0 spiro atoms. The fraction of sp³-hybridized carbons (Fsp3) is 0.0500. The van der Waals surface area contributed by atoms with E-state index in [4.69, 9.17) is 5.11 Å². The van der Waals surface area contributed by atoms with Crippen molar-refractivity contribution in [2.75, 3.05) is 5.32 Å². The van der Waals surface area contributed by atoms with Crippen LogP contribution in [0, 0.1) is 0 Å². The molecule has 0 unspecified atom stereocenters. The third-order valence-corrected chi connectivity index (χ3v) is 3.82. The van der Waals surface area contributed by atoms with Gasteiger partial charge in [-0.1, -0.05) is 24.3 Å². The number of hydrogen-bond donors (Lipinski definition) is 2. The van der Waals surface area contributed by atoms with Crippen molar-refractivity contribution in [3.8, 4) is 0 Å². The summed E-state index contributed by atoms with van der Waals surface area (Å²) in [7, 11) is 0. The summed E-state index contributed by atoms with van der Waals surface area (Å²) in [5, 5.41) is 12.8. The van der Waals surface area contributed by atoms with Gasteiger partial charge in [-0.05, 0) is 48.4 Å². The molecular weight excluding hydrogens is 316 g/mol. The van der Waals surface area contributed by atoms with Crippen molar-refractivity contribution in [2.45, 2.75) is 6.92 Å². The first-order valence-corrected chi connectivity index (χ1v) is 7.71. The van der Waals surface area contributed by atoms with Gasteiger partial charge in [0.05, 0.1) is 16.8 Å². The van der Waals surface area contributed by atoms with E-state index in [0.29, 0.717) is 0 Å². The first-order valence-electron chi connectivity index (χ1n) is 7.71. The Morgan fingerprint density at radius 2 is 1.88 bits per heavy atom. The van der Waals surface area contributed by atoms with Crippen LogP contribution < -0.4 is 5.32 Å². The van der Waals surface area contributed by atoms with Gasteiger partial charge in [0.15, 0.2) is 0 Å². The third-order valence-electron chi connectivity index (χ3n) is 3.82. The second-order valence-electron chi connectivity index (χ2n) is 5.58. The summed E-state index contributed by atoms with van der Waals surface area (Å²) in [6.07, 6.45) is 3.19. The number of benzene rings is 2. The van der Waals surface area contributed by atoms with Crippen LogP contribution in [0.15, 0.2) is 66.9 Å². The smallest absolute Gasteiger partial charge is 0.337 e. The van der Waals surface area contributed by atoms with Crippen LogP contribution in [-0.2, 0) is 4.79 Å². The Hall–Kier alpha value is -3.47. The van der Waals surface area contributed by atoms with Gasteiger partial charge >= 0.3 is 5.97 Å². The molecule has 0 aliphatic carbocycles. The molecule has 1 amide bonds. The second-order valence-corrected chi connectivity index (χ2v) is 5.58. The highest BCUT2D eigenvalue weighted by molar-refractivity contribution is 6.07. The highest BCUT2D eigenvalue weighted by Gasteiger charge is 2.11. The summed E-state index contributed by atoms with van der Waals surface area (Å²) < 4.78 is 0. The van der Waals surface area contributed by atoms with Crippen molar-refractivity contribution in [2.24, 2.45) is 0 Å². The van der Waals surface area contributed by atoms with Gasteiger partial charge in [-0.25, -0.2) is 4.79 Å². The van der Waals surface area contributed by atoms with Gasteiger partial charge in [-0.2, -0.15) is 0 Å². The molecule has 0 saturated carbocycles. The van der Waals surface area contributed by atoms with Crippen molar-refractivity contribution >= 4 is 34.0 Å². The molecule has 124 valence electrons. The van der Waals surface area contributed by atoms with Crippen LogP contribution in [0.25, 0.3) is 16.5 Å². The van der Waals surface area contributed by atoms with Crippen LogP contribution in [0.4, 0.5) is 5.69 Å². The number of pyridine rings is 1. The predicted molar refractivity (Wildman–Crippen MR) is 97.4 cm³/mol. The number of carbonyl (C=O) groups excluding carboxylic acids is 1. The van der Waals surface area contributed by atoms with Gasteiger partial charge in [0.2, 0.25) is 5.91 Å². The molecule has 0 radical (unpaired) electrons. The van der Waals surface area contributed by atoms with Gasteiger partial charge in [0.25, 0.3) is 0 Å². The molecule has 0 aliphatic heterocycles. The topological polar surface area (TPSA) is 79.3 Å². The normalized spacial score (nSPS) is 11.3. The Bertz CT molecular complexity index is 993. The highest BCUT2D eigenvalue weighted by atomic mass is 16.4. The molecule has 0 bridgehead atoms. The lowest BCUT2D eigenvalue weighted by atomic mass is 10.0. The van der Waals surface area contributed by atoms with Crippen LogP contribution in [0.1, 0.15) is 22.8 Å². The van der Waals surface area contributed by atoms with Crippen molar-refractivity contribution < 1.29 is 14.7 Å². The molecule has 25 heavy (non-hydrogen) atoms. The Labute approximate surface area is 144 Å². The van der Waals surface area contributed by atoms with E-state index >= 15 is 0 Å². The summed E-state index contributed by atoms with van der Waals surface area (Å²) in [6.45, 7) is 1.83. The lowest BCUT2D eigenvalue weighted by molar-refractivity contribution is -0.111. The number of allylic oxidation sites excluding steroid dienone is 1. The SMILES string of the molecule is C/C(=C/C(=O)Nc1ccccc1C(=O)O)c1ccc2ncccc2c1. The predicted octanol–water partition coefficient (Wildman–Crippen LogP) is 3.98. The lowest BCUT2D eigenvalue weighted by Gasteiger charge is -2.07. The van der Waals surface area contributed by atoms with Gasteiger partial charge in [0.1, 0.15) is 0 Å². The van der Waals surface area contributed by atoms with Crippen molar-refractivity contribution in [1.29, 1.82) is 0 Å². The largest absolute Gasteiger partial charge is 0.478 e. The van der Waals surface area contributed by atoms with E-state index in [1.54, 1.807) is 24.4 Å². The number of carbonyl (C=O) groups is 2. The molecule has 0 saturated heterocycles. The fourth-order valence-electron chi connectivity index (χ4n) is 2.55. The molecule has 5 heteroatoms. The molecule has 2 N–H and O–H groups in total. The minimum atomic E-state index is -1.08. The van der Waals surface area contributed by atoms with Crippen LogP contribution in [0.2, 0.25) is 0 Å². The average molecular weight is 332 g/mol. The summed E-state index contributed by atoms with van der Waals surface area (Å²) in [6, 6.07) is 15.9. The third kappa shape index (κ3) is 3.72. The maximum atomic E-state index is 12.2. The zero-order valence-corrected chi connectivity index (χ0v) is 13.6. The number of para-hydroxylation sites is 1. The minimum Gasteiger partial charge on any atom is -0.478 e. The van der Waals surface area contributed by atoms with E-state index in [9.17, 15) is 9.59 Å². The zero-order valence-electron chi connectivity index (χ0n) is 13.6. The van der Waals surface area contributed by atoms with Crippen molar-refractivity contribution in [1.82, 2.24) is 4.98 Å². The number of carboxylic acids is 1. The van der Waals surface area contributed by atoms with Gasteiger partial charge in [-0.15, -0.1) is 0 Å². The van der Waals surface area contributed by atoms with E-state index < -0.39 is 5.97 Å². The Balaban J connectivity index is 1.84. The van der Waals surface area contributed by atoms with E-state index in [-0.39, 0.29) is 17.2 Å². The molecule has 0 aliphatic rings. The molecule has 3 rings (SSSR count). The molecule has 1 heterocycles. The van der Waals surface area contributed by atoms with Crippen LogP contribution in [0.3, 0.4) is 0 Å². The van der Waals surface area contributed by atoms with Gasteiger partial charge in [-0.3, -0.25) is 9.78 Å². The van der Waals surface area contributed by atoms with Crippen LogP contribution in [-0.4, -0.2) is 22.0 Å². The Morgan fingerprint density at radius 3 is 2.68 bits per heavy atom. The number of amides is 1. The van der Waals surface area contributed by atoms with E-state index in [0.717, 1.165) is 22.0 Å². The number of anilines is 1. The molecule has 5 nitrogen and oxygen atoms in total. The van der Waals surface area contributed by atoms with Crippen molar-refractivity contribution in [3.63, 3.8) is 0 Å². The molecule has 2 aromatic carbocycles. The molecule has 0 atom stereocenters. The zero-order chi connectivity index (χ0) is 17.8. The first kappa shape index (κ1) is 16.4. The minimum absolute atomic E-state index is 0.0543. The number of hydrogen-bond acceptors (Lipinski definition) is 3. The number of fused-ring (bicyclic) bond motifs is 1. The maximum absolute atomic E-state index is 12.2. The lowest BCUT2D eigenvalue weighted by Crippen LogP contribution is -2.12. The number of rotatable bonds is 4. The standard InChI is InChI=1S/C20H16N2O3/c1-13(14-8-9-17-15(12-14)5-4-10-21-17)11-19(23)22-18-7-3-2-6-16(18)20(24)25/h2-12H,1H3,(H,22,23)(H,24,25)/b13-11-. The quantitative estimate of drug-likeness (QED) is 0.708. The molecule has 0 fully saturated rings. The summed E-state index contributed by atoms with van der Waals surface area (Å²) in [5.74, 6) is -1.46. The highest BCUT2D eigenvalue weighted by Crippen LogP contribution is 2.20. The monoisotopic (exact) mass is 332 g/mol. The molecule has 1 aromatic heterocycles. The van der Waals surface area contributed by atoms with E-state index in [1.807, 2.05) is 37.3 Å². The van der Waals surface area contributed by atoms with Crippen LogP contribution in [0.5, 0.6) is 0 Å². The van der Waals surface area contributed by atoms with E-state index in [1.165, 1.54) is 12.1 Å². The second kappa shape index (κ2) is 6.97. The molecular formula is C20H16N2O3. The van der Waals surface area contributed by atoms with Crippen molar-refractivity contribution in [3.05, 3.63) is 78.0 Å². The average Bonchev–Trinajstić information content (AvgIpc) is 2.61. The van der Waals surface area contributed by atoms with Gasteiger partial charge < -0.3 is 10.4 Å². The Kier molecular flexibility index (Phi) is 4.57. The maximum Gasteiger partial charge on any atom is 0.337 e. The first-order chi connectivity index (χ1) is 12.0.